The number of hydrogen-bond acceptors (Lipinski definition) is 8. The first kappa shape index (κ1) is 17.7. The molecule has 1 heterocycles. The van der Waals surface area contributed by atoms with Crippen LogP contribution in [0.2, 0.25) is 0 Å². The molecule has 9 nitrogen and oxygen atoms in total. The van der Waals surface area contributed by atoms with E-state index in [1.807, 2.05) is 0 Å². The zero-order valence-corrected chi connectivity index (χ0v) is 13.1. The predicted molar refractivity (Wildman–Crippen MR) is 77.5 cm³/mol. The molecular weight excluding hydrogens is 350 g/mol. The van der Waals surface area contributed by atoms with E-state index in [1.54, 1.807) is 6.92 Å². The molecule has 0 unspecified atom stereocenters. The Hall–Kier alpha value is -2.63. The standard InChI is InChI=1S/C12H12F2N4O5S/c1-7-16-11(23-17-7)4-5-15-9-3-2-8(6-10(9)18(19)20)24(21,22)12(13)14/h2-3,6,12,15H,4-5H2,1H3. The summed E-state index contributed by atoms with van der Waals surface area (Å²) in [5, 5.41) is 17.3. The van der Waals surface area contributed by atoms with Crippen molar-refractivity contribution in [1.29, 1.82) is 0 Å². The third-order valence-electron chi connectivity index (χ3n) is 2.95. The minimum atomic E-state index is -4.91. The molecular formula is C12H12F2N4O5S. The summed E-state index contributed by atoms with van der Waals surface area (Å²) in [4.78, 5) is 13.3. The van der Waals surface area contributed by atoms with Crippen LogP contribution < -0.4 is 5.32 Å². The molecule has 0 fully saturated rings. The van der Waals surface area contributed by atoms with E-state index in [4.69, 9.17) is 4.52 Å². The third kappa shape index (κ3) is 3.82. The summed E-state index contributed by atoms with van der Waals surface area (Å²) in [6.07, 6.45) is 0.273. The maximum atomic E-state index is 12.5. The minimum absolute atomic E-state index is 0.00977. The molecule has 2 rings (SSSR count). The molecule has 12 heteroatoms. The van der Waals surface area contributed by atoms with Gasteiger partial charge in [0.25, 0.3) is 5.69 Å². The average Bonchev–Trinajstić information content (AvgIpc) is 2.92. The highest BCUT2D eigenvalue weighted by Crippen LogP contribution is 2.29. The Labute approximate surface area is 134 Å². The van der Waals surface area contributed by atoms with Gasteiger partial charge in [0, 0.05) is 19.0 Å². The van der Waals surface area contributed by atoms with Crippen LogP contribution >= 0.6 is 0 Å². The molecule has 130 valence electrons. The molecule has 0 bridgehead atoms. The summed E-state index contributed by atoms with van der Waals surface area (Å²) >= 11 is 0. The molecule has 0 spiro atoms. The summed E-state index contributed by atoms with van der Waals surface area (Å²) in [7, 11) is -4.91. The smallest absolute Gasteiger partial charge is 0.341 e. The summed E-state index contributed by atoms with van der Waals surface area (Å²) in [5.74, 6) is -2.89. The van der Waals surface area contributed by atoms with E-state index in [0.29, 0.717) is 17.8 Å². The van der Waals surface area contributed by atoms with Gasteiger partial charge in [0.2, 0.25) is 15.7 Å². The zero-order valence-electron chi connectivity index (χ0n) is 12.3. The molecule has 24 heavy (non-hydrogen) atoms. The predicted octanol–water partition coefficient (Wildman–Crippen LogP) is 1.94. The Kier molecular flexibility index (Phi) is 5.07. The first-order valence-corrected chi connectivity index (χ1v) is 8.10. The number of rotatable bonds is 7. The van der Waals surface area contributed by atoms with Crippen LogP contribution in [0, 0.1) is 17.0 Å². The quantitative estimate of drug-likeness (QED) is 0.584. The SMILES string of the molecule is Cc1noc(CCNc2ccc(S(=O)(=O)C(F)F)cc2[N+](=O)[O-])n1. The van der Waals surface area contributed by atoms with Crippen LogP contribution in [0.5, 0.6) is 0 Å². The highest BCUT2D eigenvalue weighted by molar-refractivity contribution is 7.91. The lowest BCUT2D eigenvalue weighted by Gasteiger charge is -2.08. The molecule has 2 aromatic rings. The van der Waals surface area contributed by atoms with E-state index >= 15 is 0 Å². The number of halogens is 2. The first-order valence-electron chi connectivity index (χ1n) is 6.55. The Morgan fingerprint density at radius 2 is 2.12 bits per heavy atom. The molecule has 1 N–H and O–H groups in total. The van der Waals surface area contributed by atoms with E-state index in [9.17, 15) is 27.3 Å². The zero-order chi connectivity index (χ0) is 17.9. The highest BCUT2D eigenvalue weighted by atomic mass is 32.2. The topological polar surface area (TPSA) is 128 Å². The van der Waals surface area contributed by atoms with Gasteiger partial charge in [-0.2, -0.15) is 13.8 Å². The van der Waals surface area contributed by atoms with E-state index in [2.05, 4.69) is 15.5 Å². The molecule has 0 aliphatic rings. The fraction of sp³-hybridized carbons (Fsp3) is 0.333. The van der Waals surface area contributed by atoms with Crippen LogP contribution in [0.3, 0.4) is 0 Å². The lowest BCUT2D eigenvalue weighted by atomic mass is 10.2. The molecule has 0 saturated heterocycles. The molecule has 0 amide bonds. The number of nitrogens with zero attached hydrogens (tertiary/aromatic N) is 3. The second-order valence-corrected chi connectivity index (χ2v) is 6.57. The van der Waals surface area contributed by atoms with Gasteiger partial charge in [-0.05, 0) is 19.1 Å². The normalized spacial score (nSPS) is 11.7. The molecule has 1 aromatic heterocycles. The highest BCUT2D eigenvalue weighted by Gasteiger charge is 2.29. The largest absolute Gasteiger partial charge is 0.379 e. The minimum Gasteiger partial charge on any atom is -0.379 e. The number of aryl methyl sites for hydroxylation is 1. The molecule has 0 aliphatic carbocycles. The molecule has 0 radical (unpaired) electrons. The van der Waals surface area contributed by atoms with Crippen molar-refractivity contribution in [2.75, 3.05) is 11.9 Å². The fourth-order valence-corrected chi connectivity index (χ4v) is 2.58. The van der Waals surface area contributed by atoms with Gasteiger partial charge in [-0.3, -0.25) is 10.1 Å². The van der Waals surface area contributed by atoms with Crippen molar-refractivity contribution in [1.82, 2.24) is 10.1 Å². The number of nitrogens with one attached hydrogen (secondary N) is 1. The number of nitro benzene ring substituents is 1. The van der Waals surface area contributed by atoms with Crippen molar-refractivity contribution in [2.24, 2.45) is 0 Å². The number of hydrogen-bond donors (Lipinski definition) is 1. The monoisotopic (exact) mass is 362 g/mol. The van der Waals surface area contributed by atoms with Crippen LogP contribution in [0.4, 0.5) is 20.2 Å². The Morgan fingerprint density at radius 1 is 1.42 bits per heavy atom. The van der Waals surface area contributed by atoms with Gasteiger partial charge >= 0.3 is 5.76 Å². The van der Waals surface area contributed by atoms with E-state index in [1.165, 1.54) is 0 Å². The van der Waals surface area contributed by atoms with Gasteiger partial charge in [0.05, 0.1) is 9.82 Å². The van der Waals surface area contributed by atoms with Crippen molar-refractivity contribution in [3.8, 4) is 0 Å². The van der Waals surface area contributed by atoms with Crippen LogP contribution in [0.25, 0.3) is 0 Å². The van der Waals surface area contributed by atoms with Gasteiger partial charge in [0.1, 0.15) is 5.69 Å². The number of alkyl halides is 2. The first-order chi connectivity index (χ1) is 11.2. The number of sulfone groups is 1. The van der Waals surface area contributed by atoms with E-state index in [0.717, 1.165) is 12.1 Å². The molecule has 0 saturated carbocycles. The maximum absolute atomic E-state index is 12.5. The Balaban J connectivity index is 2.19. The van der Waals surface area contributed by atoms with E-state index in [-0.39, 0.29) is 18.7 Å². The molecule has 0 aliphatic heterocycles. The number of anilines is 1. The molecule has 0 atom stereocenters. The lowest BCUT2D eigenvalue weighted by molar-refractivity contribution is -0.384. The summed E-state index contributed by atoms with van der Waals surface area (Å²) in [6, 6.07) is 2.54. The summed E-state index contributed by atoms with van der Waals surface area (Å²) in [5.41, 5.74) is -0.636. The van der Waals surface area contributed by atoms with Crippen LogP contribution in [0.15, 0.2) is 27.6 Å². The van der Waals surface area contributed by atoms with Crippen LogP contribution in [-0.4, -0.2) is 35.8 Å². The second-order valence-electron chi connectivity index (χ2n) is 4.65. The maximum Gasteiger partial charge on any atom is 0.341 e. The summed E-state index contributed by atoms with van der Waals surface area (Å²) < 4.78 is 52.7. The number of aromatic nitrogens is 2. The van der Waals surface area contributed by atoms with Crippen molar-refractivity contribution < 1.29 is 26.6 Å². The molecule has 1 aromatic carbocycles. The van der Waals surface area contributed by atoms with Crippen LogP contribution in [0.1, 0.15) is 11.7 Å². The Morgan fingerprint density at radius 3 is 2.67 bits per heavy atom. The van der Waals surface area contributed by atoms with Crippen molar-refractivity contribution in [3.05, 3.63) is 40.0 Å². The van der Waals surface area contributed by atoms with Crippen molar-refractivity contribution in [2.45, 2.75) is 24.0 Å². The average molecular weight is 362 g/mol. The lowest BCUT2D eigenvalue weighted by Crippen LogP contribution is -2.13. The van der Waals surface area contributed by atoms with Gasteiger partial charge in [-0.25, -0.2) is 8.42 Å². The van der Waals surface area contributed by atoms with Gasteiger partial charge < -0.3 is 9.84 Å². The second kappa shape index (κ2) is 6.86. The third-order valence-corrected chi connectivity index (χ3v) is 4.33. The number of nitro groups is 1. The van der Waals surface area contributed by atoms with Crippen molar-refractivity contribution >= 4 is 21.2 Å². The van der Waals surface area contributed by atoms with Gasteiger partial charge in [0.15, 0.2) is 5.82 Å². The van der Waals surface area contributed by atoms with E-state index < -0.39 is 31.1 Å². The van der Waals surface area contributed by atoms with Crippen LogP contribution in [-0.2, 0) is 16.3 Å². The number of benzene rings is 1. The van der Waals surface area contributed by atoms with Gasteiger partial charge in [-0.1, -0.05) is 5.16 Å². The Bertz CT molecular complexity index is 853. The van der Waals surface area contributed by atoms with Gasteiger partial charge in [-0.15, -0.1) is 0 Å². The summed E-state index contributed by atoms with van der Waals surface area (Å²) in [6.45, 7) is 1.82. The fourth-order valence-electron chi connectivity index (χ4n) is 1.84. The van der Waals surface area contributed by atoms with Crippen molar-refractivity contribution in [3.63, 3.8) is 0 Å².